The van der Waals surface area contributed by atoms with Gasteiger partial charge in [-0.1, -0.05) is 56.3 Å². The molecule has 2 saturated heterocycles. The molecule has 0 aromatic heterocycles. The lowest BCUT2D eigenvalue weighted by molar-refractivity contribution is -0.430. The number of hydrogen-bond donors (Lipinski definition) is 0. The van der Waals surface area contributed by atoms with Crippen LogP contribution < -0.4 is 0 Å². The fourth-order valence-electron chi connectivity index (χ4n) is 3.77. The second kappa shape index (κ2) is 8.17. The number of morpholine rings is 1. The summed E-state index contributed by atoms with van der Waals surface area (Å²) in [6.45, 7) is 19.0. The van der Waals surface area contributed by atoms with Crippen molar-refractivity contribution in [1.82, 2.24) is 10.1 Å². The highest BCUT2D eigenvalue weighted by atomic mass is 28.4. The summed E-state index contributed by atoms with van der Waals surface area (Å²) in [7, 11) is -2.05. The Morgan fingerprint density at radius 1 is 1.07 bits per heavy atom. The van der Waals surface area contributed by atoms with Gasteiger partial charge in [0.2, 0.25) is 8.32 Å². The summed E-state index contributed by atoms with van der Waals surface area (Å²) in [5.74, 6) is 0.313. The van der Waals surface area contributed by atoms with Crippen molar-refractivity contribution in [2.24, 2.45) is 0 Å². The highest BCUT2D eigenvalue weighted by Crippen LogP contribution is 2.44. The summed E-state index contributed by atoms with van der Waals surface area (Å²) < 4.78 is 12.4. The average molecular weight is 407 g/mol. The van der Waals surface area contributed by atoms with E-state index < -0.39 is 8.32 Å². The van der Waals surface area contributed by atoms with Gasteiger partial charge in [0, 0.05) is 19.0 Å². The van der Waals surface area contributed by atoms with E-state index in [2.05, 4.69) is 82.9 Å². The number of nitrogens with zero attached hydrogens (tertiary/aromatic N) is 2. The zero-order valence-electron chi connectivity index (χ0n) is 18.7. The van der Waals surface area contributed by atoms with Crippen molar-refractivity contribution in [2.75, 3.05) is 26.3 Å². The van der Waals surface area contributed by atoms with E-state index in [4.69, 9.17) is 14.1 Å². The van der Waals surface area contributed by atoms with Gasteiger partial charge in [0.15, 0.2) is 0 Å². The molecular weight excluding hydrogens is 368 g/mol. The Kier molecular flexibility index (Phi) is 6.40. The van der Waals surface area contributed by atoms with E-state index in [9.17, 15) is 0 Å². The van der Waals surface area contributed by atoms with Gasteiger partial charge in [-0.15, -0.1) is 0 Å². The largest absolute Gasteiger partial charge is 0.379 e. The van der Waals surface area contributed by atoms with Crippen LogP contribution in [0.25, 0.3) is 0 Å². The Bertz CT molecular complexity index is 639. The second-order valence-corrected chi connectivity index (χ2v) is 15.0. The summed E-state index contributed by atoms with van der Waals surface area (Å²) in [6, 6.07) is 10.8. The lowest BCUT2D eigenvalue weighted by Crippen LogP contribution is -2.63. The molecule has 0 bridgehead atoms. The van der Waals surface area contributed by atoms with E-state index in [1.165, 1.54) is 5.56 Å². The fourth-order valence-corrected chi connectivity index (χ4v) is 4.64. The second-order valence-electron chi connectivity index (χ2n) is 10.3. The van der Waals surface area contributed by atoms with Crippen molar-refractivity contribution in [3.63, 3.8) is 0 Å². The molecular formula is C22H38N2O3Si. The molecule has 0 aliphatic carbocycles. The molecule has 0 N–H and O–H groups in total. The Morgan fingerprint density at radius 3 is 2.25 bits per heavy atom. The molecule has 1 aromatic carbocycles. The summed E-state index contributed by atoms with van der Waals surface area (Å²) in [6.07, 6.45) is 1.00. The first-order chi connectivity index (χ1) is 13.0. The number of rotatable bonds is 4. The predicted molar refractivity (Wildman–Crippen MR) is 115 cm³/mol. The maximum Gasteiger partial charge on any atom is 0.223 e. The molecule has 2 aliphatic rings. The molecule has 158 valence electrons. The summed E-state index contributed by atoms with van der Waals surface area (Å²) in [5, 5.41) is 1.99. The molecule has 0 amide bonds. The number of hydroxylamine groups is 2. The van der Waals surface area contributed by atoms with Gasteiger partial charge in [0.1, 0.15) is 6.17 Å². The SMILES string of the molecule is CC1(C)C[C@H](c2ccccc2)[C@@H](N2CCOCC2)N(O[Si](C)(C)C(C)(C)C)O1. The van der Waals surface area contributed by atoms with Gasteiger partial charge in [-0.3, -0.25) is 9.74 Å². The number of benzene rings is 1. The van der Waals surface area contributed by atoms with Crippen LogP contribution in [0.5, 0.6) is 0 Å². The highest BCUT2D eigenvalue weighted by Gasteiger charge is 2.49. The summed E-state index contributed by atoms with van der Waals surface area (Å²) >= 11 is 0. The van der Waals surface area contributed by atoms with E-state index in [1.54, 1.807) is 0 Å². The topological polar surface area (TPSA) is 34.2 Å². The van der Waals surface area contributed by atoms with Crippen LogP contribution in [0.15, 0.2) is 30.3 Å². The monoisotopic (exact) mass is 406 g/mol. The molecule has 0 saturated carbocycles. The minimum absolute atomic E-state index is 0.0495. The molecule has 0 radical (unpaired) electrons. The Balaban J connectivity index is 1.98. The van der Waals surface area contributed by atoms with Crippen LogP contribution in [-0.2, 0) is 14.1 Å². The van der Waals surface area contributed by atoms with Gasteiger partial charge in [0.05, 0.1) is 18.8 Å². The standard InChI is InChI=1S/C22H38N2O3Si/c1-21(2,3)28(6,7)27-24-20(23-13-15-25-16-14-23)19(17-22(4,5)26-24)18-11-9-8-10-12-18/h8-12,19-20H,13-17H2,1-7H3/t19-,20+/m1/s1. The molecule has 0 unspecified atom stereocenters. The van der Waals surface area contributed by atoms with Crippen molar-refractivity contribution < 1.29 is 14.1 Å². The summed E-state index contributed by atoms with van der Waals surface area (Å²) in [4.78, 5) is 8.96. The van der Waals surface area contributed by atoms with E-state index in [1.807, 2.05) is 5.23 Å². The van der Waals surface area contributed by atoms with Crippen molar-refractivity contribution in [1.29, 1.82) is 0 Å². The third kappa shape index (κ3) is 4.86. The fraction of sp³-hybridized carbons (Fsp3) is 0.727. The summed E-state index contributed by atoms with van der Waals surface area (Å²) in [5.41, 5.74) is 1.06. The minimum Gasteiger partial charge on any atom is -0.379 e. The minimum atomic E-state index is -2.05. The normalized spacial score (nSPS) is 27.7. The third-order valence-corrected chi connectivity index (χ3v) is 10.6. The van der Waals surface area contributed by atoms with Crippen LogP contribution in [-0.4, -0.2) is 56.5 Å². The van der Waals surface area contributed by atoms with Crippen LogP contribution in [0.2, 0.25) is 18.1 Å². The van der Waals surface area contributed by atoms with Crippen LogP contribution in [0.3, 0.4) is 0 Å². The van der Waals surface area contributed by atoms with E-state index >= 15 is 0 Å². The van der Waals surface area contributed by atoms with Crippen LogP contribution in [0, 0.1) is 0 Å². The van der Waals surface area contributed by atoms with Crippen LogP contribution in [0.1, 0.15) is 52.5 Å². The molecule has 2 atom stereocenters. The van der Waals surface area contributed by atoms with Gasteiger partial charge < -0.3 is 9.26 Å². The van der Waals surface area contributed by atoms with Gasteiger partial charge >= 0.3 is 0 Å². The Hall–Kier alpha value is -0.763. The zero-order chi connectivity index (χ0) is 20.6. The maximum absolute atomic E-state index is 6.76. The van der Waals surface area contributed by atoms with Crippen molar-refractivity contribution in [3.8, 4) is 0 Å². The molecule has 2 heterocycles. The van der Waals surface area contributed by atoms with Gasteiger partial charge in [-0.05, 0) is 44.0 Å². The first-order valence-corrected chi connectivity index (χ1v) is 13.5. The first kappa shape index (κ1) is 21.9. The molecule has 1 aromatic rings. The molecule has 5 nitrogen and oxygen atoms in total. The average Bonchev–Trinajstić information content (AvgIpc) is 2.60. The molecule has 3 rings (SSSR count). The molecule has 2 aliphatic heterocycles. The quantitative estimate of drug-likeness (QED) is 0.672. The Labute approximate surface area is 172 Å². The molecule has 2 fully saturated rings. The van der Waals surface area contributed by atoms with Crippen molar-refractivity contribution in [2.45, 2.75) is 76.9 Å². The Morgan fingerprint density at radius 2 is 1.68 bits per heavy atom. The zero-order valence-corrected chi connectivity index (χ0v) is 19.7. The smallest absolute Gasteiger partial charge is 0.223 e. The molecule has 28 heavy (non-hydrogen) atoms. The van der Waals surface area contributed by atoms with Gasteiger partial charge in [0.25, 0.3) is 0 Å². The van der Waals surface area contributed by atoms with Crippen LogP contribution >= 0.6 is 0 Å². The van der Waals surface area contributed by atoms with Gasteiger partial charge in [-0.25, -0.2) is 0 Å². The predicted octanol–water partition coefficient (Wildman–Crippen LogP) is 4.78. The number of ether oxygens (including phenoxy) is 1. The van der Waals surface area contributed by atoms with E-state index in [-0.39, 0.29) is 16.8 Å². The highest BCUT2D eigenvalue weighted by molar-refractivity contribution is 6.74. The van der Waals surface area contributed by atoms with Crippen molar-refractivity contribution >= 4 is 8.32 Å². The molecule has 6 heteroatoms. The first-order valence-electron chi connectivity index (χ1n) is 10.5. The lowest BCUT2D eigenvalue weighted by Gasteiger charge is -2.53. The van der Waals surface area contributed by atoms with E-state index in [0.29, 0.717) is 5.92 Å². The van der Waals surface area contributed by atoms with Gasteiger partial charge in [-0.2, -0.15) is 0 Å². The third-order valence-electron chi connectivity index (χ3n) is 6.40. The van der Waals surface area contributed by atoms with E-state index in [0.717, 1.165) is 32.7 Å². The molecule has 0 spiro atoms. The maximum atomic E-state index is 6.76. The number of hydrogen-bond acceptors (Lipinski definition) is 5. The van der Waals surface area contributed by atoms with Crippen LogP contribution in [0.4, 0.5) is 0 Å². The van der Waals surface area contributed by atoms with Crippen molar-refractivity contribution in [3.05, 3.63) is 35.9 Å². The lowest BCUT2D eigenvalue weighted by atomic mass is 9.84.